The molecule has 3 aromatic rings. The molecule has 0 heterocycles. The van der Waals surface area contributed by atoms with Crippen molar-refractivity contribution in [2.75, 3.05) is 17.4 Å². The fourth-order valence-corrected chi connectivity index (χ4v) is 5.48. The Hall–Kier alpha value is -3.67. The monoisotopic (exact) mass is 592 g/mol. The Balaban J connectivity index is 2.04. The largest absolute Gasteiger partial charge is 0.355 e. The number of benzene rings is 3. The molecule has 0 spiro atoms. The van der Waals surface area contributed by atoms with Crippen molar-refractivity contribution >= 4 is 56.4 Å². The van der Waals surface area contributed by atoms with Crippen LogP contribution in [0.25, 0.3) is 0 Å². The van der Waals surface area contributed by atoms with Crippen LogP contribution in [-0.4, -0.2) is 49.2 Å². The van der Waals surface area contributed by atoms with E-state index in [1.807, 2.05) is 0 Å². The van der Waals surface area contributed by atoms with Crippen LogP contribution < -0.4 is 9.62 Å². The molecule has 0 saturated heterocycles. The van der Waals surface area contributed by atoms with Gasteiger partial charge in [-0.25, -0.2) is 8.42 Å². The molecule has 1 N–H and O–H groups in total. The van der Waals surface area contributed by atoms with E-state index in [0.717, 1.165) is 16.4 Å². The fourth-order valence-electron chi connectivity index (χ4n) is 3.73. The lowest BCUT2D eigenvalue weighted by molar-refractivity contribution is -0.384. The second kappa shape index (κ2) is 12.9. The molecule has 3 aromatic carbocycles. The lowest BCUT2D eigenvalue weighted by Crippen LogP contribution is -2.51. The average Bonchev–Trinajstić information content (AvgIpc) is 2.92. The number of likely N-dealkylation sites (N-methyl/N-ethyl adjacent to an activating group) is 1. The highest BCUT2D eigenvalue weighted by Crippen LogP contribution is 2.27. The number of rotatable bonds is 11. The molecule has 2 amide bonds. The molecule has 13 heteroatoms. The summed E-state index contributed by atoms with van der Waals surface area (Å²) in [4.78, 5) is 38.2. The van der Waals surface area contributed by atoms with Gasteiger partial charge in [-0.15, -0.1) is 0 Å². The topological polar surface area (TPSA) is 130 Å². The van der Waals surface area contributed by atoms with Crippen LogP contribution in [0, 0.1) is 10.1 Å². The number of non-ortho nitro benzene ring substituents is 1. The van der Waals surface area contributed by atoms with Crippen LogP contribution in [0.3, 0.4) is 0 Å². The number of nitrogens with one attached hydrogen (secondary N) is 1. The zero-order chi connectivity index (χ0) is 28.7. The van der Waals surface area contributed by atoms with Gasteiger partial charge in [0.15, 0.2) is 0 Å². The third kappa shape index (κ3) is 7.25. The second-order valence-corrected chi connectivity index (χ2v) is 11.1. The number of sulfonamides is 1. The first kappa shape index (κ1) is 29.9. The van der Waals surface area contributed by atoms with Crippen molar-refractivity contribution in [3.05, 3.63) is 98.5 Å². The molecule has 0 radical (unpaired) electrons. The molecule has 0 aliphatic rings. The molecule has 206 valence electrons. The van der Waals surface area contributed by atoms with Crippen LogP contribution >= 0.6 is 23.2 Å². The molecule has 0 bridgehead atoms. The number of hydrogen-bond donors (Lipinski definition) is 1. The van der Waals surface area contributed by atoms with Gasteiger partial charge in [0.25, 0.3) is 15.7 Å². The lowest BCUT2D eigenvalue weighted by atomic mass is 10.1. The smallest absolute Gasteiger partial charge is 0.269 e. The Labute approximate surface area is 236 Å². The van der Waals surface area contributed by atoms with E-state index in [1.54, 1.807) is 31.2 Å². The quantitative estimate of drug-likeness (QED) is 0.255. The highest BCUT2D eigenvalue weighted by molar-refractivity contribution is 7.92. The number of carbonyl (C=O) groups excluding carboxylic acids is 2. The van der Waals surface area contributed by atoms with Crippen molar-refractivity contribution in [3.8, 4) is 0 Å². The minimum absolute atomic E-state index is 0.0398. The van der Waals surface area contributed by atoms with E-state index < -0.39 is 39.3 Å². The maximum atomic E-state index is 13.8. The third-order valence-corrected chi connectivity index (χ3v) is 8.34. The first-order valence-corrected chi connectivity index (χ1v) is 14.0. The van der Waals surface area contributed by atoms with Crippen LogP contribution in [0.2, 0.25) is 10.0 Å². The minimum Gasteiger partial charge on any atom is -0.355 e. The van der Waals surface area contributed by atoms with Crippen molar-refractivity contribution < 1.29 is 22.9 Å². The van der Waals surface area contributed by atoms with Gasteiger partial charge in [0.2, 0.25) is 11.8 Å². The number of carbonyl (C=O) groups is 2. The Morgan fingerprint density at radius 3 is 2.21 bits per heavy atom. The van der Waals surface area contributed by atoms with Crippen LogP contribution in [0.15, 0.2) is 77.7 Å². The molecule has 3 rings (SSSR count). The van der Waals surface area contributed by atoms with Crippen LogP contribution in [0.1, 0.15) is 19.4 Å². The summed E-state index contributed by atoms with van der Waals surface area (Å²) < 4.78 is 28.2. The maximum Gasteiger partial charge on any atom is 0.269 e. The van der Waals surface area contributed by atoms with Gasteiger partial charge in [-0.1, -0.05) is 47.5 Å². The minimum atomic E-state index is -4.28. The predicted molar refractivity (Wildman–Crippen MR) is 149 cm³/mol. The molecule has 0 aliphatic heterocycles. The van der Waals surface area contributed by atoms with E-state index in [0.29, 0.717) is 17.1 Å². The average molecular weight is 593 g/mol. The van der Waals surface area contributed by atoms with E-state index in [9.17, 15) is 28.1 Å². The maximum absolute atomic E-state index is 13.8. The fraction of sp³-hybridized carbons (Fsp3) is 0.231. The number of nitro benzene ring substituents is 1. The Kier molecular flexibility index (Phi) is 9.90. The first-order chi connectivity index (χ1) is 18.4. The number of nitro groups is 1. The van der Waals surface area contributed by atoms with E-state index in [2.05, 4.69) is 5.32 Å². The summed E-state index contributed by atoms with van der Waals surface area (Å²) in [5, 5.41) is 14.4. The molecule has 10 nitrogen and oxygen atoms in total. The third-order valence-electron chi connectivity index (χ3n) is 5.81. The van der Waals surface area contributed by atoms with E-state index in [4.69, 9.17) is 23.2 Å². The van der Waals surface area contributed by atoms with Crippen molar-refractivity contribution in [3.63, 3.8) is 0 Å². The SMILES string of the molecule is CCNC(=O)[C@H](C)N(Cc1ccc(Cl)c(Cl)c1)C(=O)CN(c1ccc([N+](=O)[O-])cc1)S(=O)(=O)c1ccccc1. The summed E-state index contributed by atoms with van der Waals surface area (Å²) >= 11 is 12.2. The first-order valence-electron chi connectivity index (χ1n) is 11.8. The molecule has 0 unspecified atom stereocenters. The normalized spacial score (nSPS) is 11.9. The number of hydrogen-bond acceptors (Lipinski definition) is 6. The number of anilines is 1. The Bertz CT molecular complexity index is 1450. The van der Waals surface area contributed by atoms with E-state index in [-0.39, 0.29) is 27.8 Å². The van der Waals surface area contributed by atoms with E-state index >= 15 is 0 Å². The van der Waals surface area contributed by atoms with Gasteiger partial charge in [0.05, 0.1) is 25.6 Å². The van der Waals surface area contributed by atoms with Gasteiger partial charge in [0, 0.05) is 25.2 Å². The summed E-state index contributed by atoms with van der Waals surface area (Å²) in [6.45, 7) is 2.85. The summed E-state index contributed by atoms with van der Waals surface area (Å²) in [6.07, 6.45) is 0. The van der Waals surface area contributed by atoms with Crippen molar-refractivity contribution in [1.29, 1.82) is 0 Å². The number of halogens is 2. The molecule has 0 aliphatic carbocycles. The van der Waals surface area contributed by atoms with Gasteiger partial charge in [0.1, 0.15) is 12.6 Å². The van der Waals surface area contributed by atoms with Gasteiger partial charge < -0.3 is 10.2 Å². The van der Waals surface area contributed by atoms with Crippen LogP contribution in [0.4, 0.5) is 11.4 Å². The predicted octanol–water partition coefficient (Wildman–Crippen LogP) is 4.65. The molecule has 0 fully saturated rings. The van der Waals surface area contributed by atoms with Gasteiger partial charge in [-0.2, -0.15) is 0 Å². The molecule has 0 aromatic heterocycles. The summed E-state index contributed by atoms with van der Waals surface area (Å²) in [5.74, 6) is -1.11. The van der Waals surface area contributed by atoms with Crippen molar-refractivity contribution in [2.45, 2.75) is 31.3 Å². The molecule has 1 atom stereocenters. The van der Waals surface area contributed by atoms with Crippen LogP contribution in [-0.2, 0) is 26.2 Å². The zero-order valence-corrected chi connectivity index (χ0v) is 23.4. The highest BCUT2D eigenvalue weighted by atomic mass is 35.5. The van der Waals surface area contributed by atoms with Gasteiger partial charge in [-0.3, -0.25) is 24.0 Å². The van der Waals surface area contributed by atoms with Gasteiger partial charge >= 0.3 is 0 Å². The standard InChI is InChI=1S/C26H26Cl2N4O6S/c1-3-29-26(34)18(2)30(16-19-9-14-23(27)24(28)15-19)25(33)17-31(20-10-12-21(13-11-20)32(35)36)39(37,38)22-7-5-4-6-8-22/h4-15,18H,3,16-17H2,1-2H3,(H,29,34)/t18-/m0/s1. The number of nitrogens with zero attached hydrogens (tertiary/aromatic N) is 3. The number of amides is 2. The van der Waals surface area contributed by atoms with Crippen molar-refractivity contribution in [1.82, 2.24) is 10.2 Å². The molecular formula is C26H26Cl2N4O6S. The molecular weight excluding hydrogens is 567 g/mol. The van der Waals surface area contributed by atoms with E-state index in [1.165, 1.54) is 48.2 Å². The molecule has 39 heavy (non-hydrogen) atoms. The lowest BCUT2D eigenvalue weighted by Gasteiger charge is -2.32. The Morgan fingerprint density at radius 1 is 1.00 bits per heavy atom. The molecule has 0 saturated carbocycles. The second-order valence-electron chi connectivity index (χ2n) is 8.44. The Morgan fingerprint density at radius 2 is 1.64 bits per heavy atom. The van der Waals surface area contributed by atoms with Gasteiger partial charge in [-0.05, 0) is 55.8 Å². The zero-order valence-electron chi connectivity index (χ0n) is 21.1. The summed E-state index contributed by atoms with van der Waals surface area (Å²) in [6, 6.07) is 16.1. The van der Waals surface area contributed by atoms with Crippen LogP contribution in [0.5, 0.6) is 0 Å². The summed E-state index contributed by atoms with van der Waals surface area (Å²) in [5.41, 5.74) is 0.368. The summed E-state index contributed by atoms with van der Waals surface area (Å²) in [7, 11) is -4.28. The van der Waals surface area contributed by atoms with Crippen molar-refractivity contribution in [2.24, 2.45) is 0 Å². The highest BCUT2D eigenvalue weighted by Gasteiger charge is 2.32.